The molecule has 12 heteroatoms. The molecule has 220 valence electrons. The SMILES string of the molecule is C[C@@H](NC(=O)c1cnc(N2CCOCC2)o1)c1ccc(-c2cc(C(F)(F)F)ccc2CNC(=O)OC(C)(C)C)cc1. The molecule has 2 N–H and O–H groups in total. The van der Waals surface area contributed by atoms with Crippen LogP contribution in [0.25, 0.3) is 11.1 Å². The molecule has 0 aliphatic carbocycles. The highest BCUT2D eigenvalue weighted by atomic mass is 19.4. The van der Waals surface area contributed by atoms with Gasteiger partial charge in [-0.05, 0) is 62.1 Å². The summed E-state index contributed by atoms with van der Waals surface area (Å²) in [5.41, 5.74) is 0.533. The number of carbonyl (C=O) groups excluding carboxylic acids is 2. The van der Waals surface area contributed by atoms with Crippen LogP contribution in [0.4, 0.5) is 24.0 Å². The summed E-state index contributed by atoms with van der Waals surface area (Å²) in [5, 5.41) is 5.45. The lowest BCUT2D eigenvalue weighted by atomic mass is 9.95. The Hall–Kier alpha value is -4.06. The normalized spacial score (nSPS) is 14.9. The number of ether oxygens (including phenoxy) is 2. The van der Waals surface area contributed by atoms with Crippen LogP contribution in [0.15, 0.2) is 53.1 Å². The maximum Gasteiger partial charge on any atom is 0.416 e. The zero-order chi connectivity index (χ0) is 29.8. The highest BCUT2D eigenvalue weighted by molar-refractivity contribution is 5.91. The fourth-order valence-electron chi connectivity index (χ4n) is 4.23. The summed E-state index contributed by atoms with van der Waals surface area (Å²) in [6.07, 6.45) is -3.84. The van der Waals surface area contributed by atoms with Gasteiger partial charge in [0.1, 0.15) is 5.60 Å². The van der Waals surface area contributed by atoms with Gasteiger partial charge in [0.25, 0.3) is 11.9 Å². The number of alkyl carbamates (subject to hydrolysis) is 1. The van der Waals surface area contributed by atoms with E-state index in [4.69, 9.17) is 13.9 Å². The second-order valence-corrected chi connectivity index (χ2v) is 10.6. The molecule has 0 bridgehead atoms. The number of nitrogens with zero attached hydrogens (tertiary/aromatic N) is 2. The number of halogens is 3. The largest absolute Gasteiger partial charge is 0.444 e. The summed E-state index contributed by atoms with van der Waals surface area (Å²) in [4.78, 5) is 31.0. The maximum atomic E-state index is 13.5. The van der Waals surface area contributed by atoms with E-state index in [2.05, 4.69) is 15.6 Å². The van der Waals surface area contributed by atoms with Crippen molar-refractivity contribution in [2.45, 2.75) is 52.1 Å². The highest BCUT2D eigenvalue weighted by Crippen LogP contribution is 2.34. The van der Waals surface area contributed by atoms with Crippen LogP contribution < -0.4 is 15.5 Å². The van der Waals surface area contributed by atoms with Gasteiger partial charge in [-0.25, -0.2) is 9.78 Å². The number of anilines is 1. The van der Waals surface area contributed by atoms with E-state index in [-0.39, 0.29) is 12.3 Å². The predicted octanol–water partition coefficient (Wildman–Crippen LogP) is 5.71. The number of benzene rings is 2. The highest BCUT2D eigenvalue weighted by Gasteiger charge is 2.31. The average Bonchev–Trinajstić information content (AvgIpc) is 3.42. The number of rotatable bonds is 7. The summed E-state index contributed by atoms with van der Waals surface area (Å²) >= 11 is 0. The van der Waals surface area contributed by atoms with Crippen molar-refractivity contribution < 1.29 is 36.7 Å². The van der Waals surface area contributed by atoms with E-state index >= 15 is 0 Å². The Morgan fingerprint density at radius 1 is 1.07 bits per heavy atom. The molecule has 2 heterocycles. The van der Waals surface area contributed by atoms with Gasteiger partial charge < -0.3 is 29.4 Å². The van der Waals surface area contributed by atoms with Gasteiger partial charge in [-0.1, -0.05) is 30.3 Å². The number of oxazole rings is 1. The van der Waals surface area contributed by atoms with Gasteiger partial charge in [-0.2, -0.15) is 13.2 Å². The van der Waals surface area contributed by atoms with Crippen LogP contribution in [0.3, 0.4) is 0 Å². The zero-order valence-electron chi connectivity index (χ0n) is 23.3. The molecule has 0 unspecified atom stereocenters. The molecule has 1 aliphatic heterocycles. The fraction of sp³-hybridized carbons (Fsp3) is 0.414. The van der Waals surface area contributed by atoms with Crippen molar-refractivity contribution >= 4 is 18.0 Å². The van der Waals surface area contributed by atoms with Crippen molar-refractivity contribution in [3.05, 3.63) is 71.1 Å². The molecule has 2 amide bonds. The zero-order valence-corrected chi connectivity index (χ0v) is 23.3. The number of amides is 2. The number of hydrogen-bond acceptors (Lipinski definition) is 7. The minimum atomic E-state index is -4.53. The first-order valence-corrected chi connectivity index (χ1v) is 13.2. The van der Waals surface area contributed by atoms with Crippen LogP contribution >= 0.6 is 0 Å². The van der Waals surface area contributed by atoms with Crippen LogP contribution in [-0.4, -0.2) is 48.9 Å². The van der Waals surface area contributed by atoms with Crippen molar-refractivity contribution in [3.8, 4) is 11.1 Å². The molecule has 9 nitrogen and oxygen atoms in total. The third kappa shape index (κ3) is 8.00. The molecule has 4 rings (SSSR count). The lowest BCUT2D eigenvalue weighted by Gasteiger charge is -2.24. The van der Waals surface area contributed by atoms with Crippen molar-refractivity contribution in [1.82, 2.24) is 15.6 Å². The monoisotopic (exact) mass is 574 g/mol. The molecule has 1 atom stereocenters. The fourth-order valence-corrected chi connectivity index (χ4v) is 4.23. The number of nitrogens with one attached hydrogen (secondary N) is 2. The first-order chi connectivity index (χ1) is 19.3. The smallest absolute Gasteiger partial charge is 0.416 e. The minimum Gasteiger partial charge on any atom is -0.444 e. The molecule has 0 radical (unpaired) electrons. The number of hydrogen-bond donors (Lipinski definition) is 2. The second kappa shape index (κ2) is 12.2. The molecular formula is C29H33F3N4O5. The maximum absolute atomic E-state index is 13.5. The van der Waals surface area contributed by atoms with Crippen molar-refractivity contribution in [3.63, 3.8) is 0 Å². The van der Waals surface area contributed by atoms with Crippen LogP contribution in [-0.2, 0) is 22.2 Å². The Morgan fingerprint density at radius 3 is 2.39 bits per heavy atom. The van der Waals surface area contributed by atoms with Gasteiger partial charge in [0.15, 0.2) is 0 Å². The molecule has 1 aliphatic rings. The van der Waals surface area contributed by atoms with E-state index in [1.807, 2.05) is 4.90 Å². The van der Waals surface area contributed by atoms with Gasteiger partial charge >= 0.3 is 12.3 Å². The first-order valence-electron chi connectivity index (χ1n) is 13.2. The predicted molar refractivity (Wildman–Crippen MR) is 145 cm³/mol. The Kier molecular flexibility index (Phi) is 8.91. The molecule has 41 heavy (non-hydrogen) atoms. The third-order valence-electron chi connectivity index (χ3n) is 6.33. The van der Waals surface area contributed by atoms with Crippen LogP contribution in [0, 0.1) is 0 Å². The molecule has 1 saturated heterocycles. The topological polar surface area (TPSA) is 106 Å². The van der Waals surface area contributed by atoms with Crippen molar-refractivity contribution in [2.24, 2.45) is 0 Å². The van der Waals surface area contributed by atoms with E-state index < -0.39 is 35.4 Å². The Morgan fingerprint density at radius 2 is 1.76 bits per heavy atom. The Balaban J connectivity index is 1.48. The summed E-state index contributed by atoms with van der Waals surface area (Å²) in [6.45, 7) is 9.26. The van der Waals surface area contributed by atoms with Crippen molar-refractivity contribution in [1.29, 1.82) is 0 Å². The number of morpholine rings is 1. The third-order valence-corrected chi connectivity index (χ3v) is 6.33. The van der Waals surface area contributed by atoms with Crippen LogP contribution in [0.5, 0.6) is 0 Å². The molecular weight excluding hydrogens is 541 g/mol. The quantitative estimate of drug-likeness (QED) is 0.372. The first kappa shape index (κ1) is 29.9. The van der Waals surface area contributed by atoms with E-state index in [0.717, 1.165) is 17.7 Å². The molecule has 2 aromatic carbocycles. The van der Waals surface area contributed by atoms with Gasteiger partial charge in [0.05, 0.1) is 31.0 Å². The number of carbonyl (C=O) groups is 2. The molecule has 1 aromatic heterocycles. The van der Waals surface area contributed by atoms with Gasteiger partial charge in [0.2, 0.25) is 5.76 Å². The van der Waals surface area contributed by atoms with Gasteiger partial charge in [0, 0.05) is 19.6 Å². The minimum absolute atomic E-state index is 0.0276. The lowest BCUT2D eigenvalue weighted by molar-refractivity contribution is -0.137. The Labute approximate surface area is 236 Å². The van der Waals surface area contributed by atoms with Crippen molar-refractivity contribution in [2.75, 3.05) is 31.2 Å². The van der Waals surface area contributed by atoms with Crippen LogP contribution in [0.2, 0.25) is 0 Å². The summed E-state index contributed by atoms with van der Waals surface area (Å²) in [6, 6.07) is 10.1. The summed E-state index contributed by atoms with van der Waals surface area (Å²) in [7, 11) is 0. The standard InChI is InChI=1S/C29H33F3N4O5/c1-18(35-25(37)24-17-33-26(40-24)36-11-13-39-14-12-36)19-5-7-20(8-6-19)23-15-22(29(30,31)32)10-9-21(23)16-34-27(38)41-28(2,3)4/h5-10,15,17-18H,11-14,16H2,1-4H3,(H,34,38)(H,35,37)/t18-/m1/s1. The van der Waals surface area contributed by atoms with Gasteiger partial charge in [-0.15, -0.1) is 0 Å². The second-order valence-electron chi connectivity index (χ2n) is 10.6. The molecule has 0 saturated carbocycles. The van der Waals surface area contributed by atoms with E-state index in [9.17, 15) is 22.8 Å². The Bertz CT molecular complexity index is 1360. The number of aromatic nitrogens is 1. The van der Waals surface area contributed by atoms with E-state index in [0.29, 0.717) is 49.0 Å². The molecule has 1 fully saturated rings. The number of alkyl halides is 3. The average molecular weight is 575 g/mol. The summed E-state index contributed by atoms with van der Waals surface area (Å²) < 4.78 is 56.7. The van der Waals surface area contributed by atoms with Crippen LogP contribution in [0.1, 0.15) is 61.0 Å². The lowest BCUT2D eigenvalue weighted by Crippen LogP contribution is -2.36. The molecule has 0 spiro atoms. The van der Waals surface area contributed by atoms with E-state index in [1.165, 1.54) is 12.3 Å². The molecule has 3 aromatic rings. The van der Waals surface area contributed by atoms with Gasteiger partial charge in [-0.3, -0.25) is 4.79 Å². The summed E-state index contributed by atoms with van der Waals surface area (Å²) in [5.74, 6) is -0.372. The van der Waals surface area contributed by atoms with E-state index in [1.54, 1.807) is 52.0 Å².